The minimum Gasteiger partial charge on any atom is -0.182 e. The molecule has 2 heteroatoms. The topological polar surface area (TPSA) is 3.88 Å². The summed E-state index contributed by atoms with van der Waals surface area (Å²) in [5.74, 6) is 0.774. The number of allylic oxidation sites excluding steroid dienone is 3. The Morgan fingerprint density at radius 2 is 2.10 bits per heavy atom. The van der Waals surface area contributed by atoms with Crippen LogP contribution in [0.2, 0.25) is 0 Å². The van der Waals surface area contributed by atoms with Crippen molar-refractivity contribution in [1.82, 2.24) is 0 Å². The molecule has 0 N–H and O–H groups in total. The van der Waals surface area contributed by atoms with Crippen molar-refractivity contribution in [2.24, 2.45) is 5.92 Å². The van der Waals surface area contributed by atoms with Gasteiger partial charge in [-0.05, 0) is 44.2 Å². The maximum Gasteiger partial charge on any atom is 0.263 e. The Hall–Kier alpha value is -1.41. The van der Waals surface area contributed by atoms with Crippen molar-refractivity contribution in [3.8, 4) is 0 Å². The summed E-state index contributed by atoms with van der Waals surface area (Å²) in [6.45, 7) is 7.86. The van der Waals surface area contributed by atoms with Crippen LogP contribution in [-0.4, -0.2) is 0 Å². The second kappa shape index (κ2) is 5.53. The average Bonchev–Trinajstić information content (AvgIpc) is 2.74. The van der Waals surface area contributed by atoms with Gasteiger partial charge in [0.15, 0.2) is 0 Å². The summed E-state index contributed by atoms with van der Waals surface area (Å²) < 4.78 is 3.81. The predicted molar refractivity (Wildman–Crippen MR) is 87.8 cm³/mol. The van der Waals surface area contributed by atoms with Crippen LogP contribution in [0.5, 0.6) is 0 Å². The highest BCUT2D eigenvalue weighted by Gasteiger charge is 2.19. The van der Waals surface area contributed by atoms with Crippen LogP contribution < -0.4 is 4.57 Å². The van der Waals surface area contributed by atoms with Crippen molar-refractivity contribution in [2.75, 3.05) is 0 Å². The fourth-order valence-electron chi connectivity index (χ4n) is 3.20. The molecule has 0 fully saturated rings. The highest BCUT2D eigenvalue weighted by molar-refractivity contribution is 7.18. The first-order valence-electron chi connectivity index (χ1n) is 7.46. The molecule has 0 radical (unpaired) electrons. The number of hydrogen-bond acceptors (Lipinski definition) is 1. The van der Waals surface area contributed by atoms with Gasteiger partial charge >= 0.3 is 0 Å². The van der Waals surface area contributed by atoms with Gasteiger partial charge in [-0.1, -0.05) is 42.0 Å². The third-order valence-corrected chi connectivity index (χ3v) is 5.06. The van der Waals surface area contributed by atoms with Crippen LogP contribution in [0.4, 0.5) is 0 Å². The van der Waals surface area contributed by atoms with E-state index >= 15 is 0 Å². The Balaban J connectivity index is 2.08. The van der Waals surface area contributed by atoms with Crippen LogP contribution in [0, 0.1) is 5.92 Å². The summed E-state index contributed by atoms with van der Waals surface area (Å²) in [5.41, 5.74) is 4.35. The summed E-state index contributed by atoms with van der Waals surface area (Å²) in [4.78, 5) is 0. The predicted octanol–water partition coefficient (Wildman–Crippen LogP) is 4.97. The molecule has 104 valence electrons. The van der Waals surface area contributed by atoms with E-state index in [4.69, 9.17) is 0 Å². The van der Waals surface area contributed by atoms with E-state index in [1.807, 2.05) is 11.3 Å². The molecule has 0 amide bonds. The van der Waals surface area contributed by atoms with E-state index < -0.39 is 0 Å². The third-order valence-electron chi connectivity index (χ3n) is 3.95. The molecular weight excluding hydrogens is 262 g/mol. The Labute approximate surface area is 125 Å². The van der Waals surface area contributed by atoms with Gasteiger partial charge in [0.2, 0.25) is 5.52 Å². The number of nitrogens with zero attached hydrogens (tertiary/aromatic N) is 1. The SMILES string of the molecule is CC[n+]1c(C=C2C=C(C)CC(C)C2)sc2ccccc21. The molecule has 0 spiro atoms. The van der Waals surface area contributed by atoms with Gasteiger partial charge in [-0.3, -0.25) is 0 Å². The van der Waals surface area contributed by atoms with Gasteiger partial charge in [0.1, 0.15) is 11.2 Å². The van der Waals surface area contributed by atoms with Gasteiger partial charge < -0.3 is 0 Å². The van der Waals surface area contributed by atoms with Crippen molar-refractivity contribution < 1.29 is 4.57 Å². The first kappa shape index (κ1) is 13.6. The van der Waals surface area contributed by atoms with Gasteiger partial charge in [-0.2, -0.15) is 4.57 Å². The lowest BCUT2D eigenvalue weighted by Gasteiger charge is -2.18. The van der Waals surface area contributed by atoms with Gasteiger partial charge in [-0.15, -0.1) is 0 Å². The van der Waals surface area contributed by atoms with Gasteiger partial charge in [0.05, 0.1) is 0 Å². The van der Waals surface area contributed by atoms with Gasteiger partial charge in [0, 0.05) is 12.1 Å². The summed E-state index contributed by atoms with van der Waals surface area (Å²) in [7, 11) is 0. The largest absolute Gasteiger partial charge is 0.263 e. The van der Waals surface area contributed by atoms with Gasteiger partial charge in [-0.25, -0.2) is 0 Å². The van der Waals surface area contributed by atoms with Crippen molar-refractivity contribution in [3.05, 3.63) is 46.5 Å². The number of aryl methyl sites for hydroxylation is 1. The molecule has 20 heavy (non-hydrogen) atoms. The van der Waals surface area contributed by atoms with E-state index in [9.17, 15) is 0 Å². The fraction of sp³-hybridized carbons (Fsp3) is 0.389. The second-order valence-electron chi connectivity index (χ2n) is 5.88. The van der Waals surface area contributed by atoms with E-state index in [1.165, 1.54) is 39.2 Å². The number of hydrogen-bond donors (Lipinski definition) is 0. The Morgan fingerprint density at radius 1 is 1.30 bits per heavy atom. The van der Waals surface area contributed by atoms with Crippen molar-refractivity contribution in [3.63, 3.8) is 0 Å². The number of para-hydroxylation sites is 1. The van der Waals surface area contributed by atoms with E-state index in [0.29, 0.717) is 0 Å². The van der Waals surface area contributed by atoms with Crippen LogP contribution in [0.15, 0.2) is 41.5 Å². The molecule has 1 aliphatic carbocycles. The zero-order chi connectivity index (χ0) is 14.1. The zero-order valence-corrected chi connectivity index (χ0v) is 13.3. The molecule has 0 saturated heterocycles. The normalized spacial score (nSPS) is 21.4. The maximum atomic E-state index is 2.43. The smallest absolute Gasteiger partial charge is 0.182 e. The van der Waals surface area contributed by atoms with Crippen molar-refractivity contribution in [2.45, 2.75) is 40.2 Å². The minimum atomic E-state index is 0.774. The molecule has 1 atom stereocenters. The molecule has 0 aliphatic heterocycles. The molecule has 1 heterocycles. The quantitative estimate of drug-likeness (QED) is 0.686. The monoisotopic (exact) mass is 284 g/mol. The first-order valence-corrected chi connectivity index (χ1v) is 8.28. The number of rotatable bonds is 2. The molecule has 3 rings (SSSR count). The van der Waals surface area contributed by atoms with E-state index in [1.54, 1.807) is 0 Å². The van der Waals surface area contributed by atoms with Crippen LogP contribution in [0.25, 0.3) is 16.3 Å². The number of aromatic nitrogens is 1. The van der Waals surface area contributed by atoms with Crippen LogP contribution in [0.3, 0.4) is 0 Å². The van der Waals surface area contributed by atoms with Gasteiger partial charge in [0.25, 0.3) is 5.01 Å². The summed E-state index contributed by atoms with van der Waals surface area (Å²) in [6, 6.07) is 8.70. The molecule has 2 aromatic rings. The maximum absolute atomic E-state index is 2.43. The van der Waals surface area contributed by atoms with Crippen molar-refractivity contribution in [1.29, 1.82) is 0 Å². The molecule has 1 unspecified atom stereocenters. The fourth-order valence-corrected chi connectivity index (χ4v) is 4.41. The molecule has 1 nitrogen and oxygen atoms in total. The van der Waals surface area contributed by atoms with E-state index in [2.05, 4.69) is 61.8 Å². The second-order valence-corrected chi connectivity index (χ2v) is 6.94. The first-order chi connectivity index (χ1) is 9.67. The number of fused-ring (bicyclic) bond motifs is 1. The zero-order valence-electron chi connectivity index (χ0n) is 12.5. The standard InChI is InChI=1S/C18H22NS/c1-4-19-16-7-5-6-8-17(16)20-18(19)12-15-10-13(2)9-14(3)11-15/h5-8,10,12,14H,4,9,11H2,1-3H3/q+1. The summed E-state index contributed by atoms with van der Waals surface area (Å²) in [6.07, 6.45) is 7.23. The Bertz CT molecular complexity index is 691. The minimum absolute atomic E-state index is 0.774. The van der Waals surface area contributed by atoms with Crippen LogP contribution in [0.1, 0.15) is 38.6 Å². The molecular formula is C18H22NS+. The van der Waals surface area contributed by atoms with E-state index in [-0.39, 0.29) is 0 Å². The van der Waals surface area contributed by atoms with Crippen LogP contribution >= 0.6 is 11.3 Å². The molecule has 1 aliphatic rings. The summed E-state index contributed by atoms with van der Waals surface area (Å²) in [5, 5.41) is 1.38. The Kier molecular flexibility index (Phi) is 3.75. The average molecular weight is 284 g/mol. The molecule has 1 aromatic heterocycles. The van der Waals surface area contributed by atoms with Crippen LogP contribution in [-0.2, 0) is 6.54 Å². The lowest BCUT2D eigenvalue weighted by Crippen LogP contribution is -2.33. The Morgan fingerprint density at radius 3 is 2.85 bits per heavy atom. The number of thiazole rings is 1. The van der Waals surface area contributed by atoms with Crippen molar-refractivity contribution >= 4 is 27.6 Å². The highest BCUT2D eigenvalue weighted by atomic mass is 32.1. The van der Waals surface area contributed by atoms with E-state index in [0.717, 1.165) is 12.5 Å². The molecule has 1 aromatic carbocycles. The molecule has 0 saturated carbocycles. The lowest BCUT2D eigenvalue weighted by molar-refractivity contribution is -0.665. The third kappa shape index (κ3) is 2.57. The number of benzene rings is 1. The highest BCUT2D eigenvalue weighted by Crippen LogP contribution is 2.30. The molecule has 0 bridgehead atoms. The lowest BCUT2D eigenvalue weighted by atomic mass is 9.88. The summed E-state index contributed by atoms with van der Waals surface area (Å²) >= 11 is 1.90.